The number of aromatic nitrogens is 6. The zero-order valence-electron chi connectivity index (χ0n) is 33.7. The molecule has 0 fully saturated rings. The largest absolute Gasteiger partial charge is 0.333 e. The molecule has 0 saturated carbocycles. The second-order valence-electron chi connectivity index (χ2n) is 16.2. The quantitative estimate of drug-likeness (QED) is 0.168. The van der Waals surface area contributed by atoms with Gasteiger partial charge in [-0.2, -0.15) is 0 Å². The molecular formula is C56H38N6. The lowest BCUT2D eigenvalue weighted by atomic mass is 10.0. The van der Waals surface area contributed by atoms with Crippen molar-refractivity contribution in [1.82, 2.24) is 28.5 Å². The highest BCUT2D eigenvalue weighted by molar-refractivity contribution is 6.11. The lowest BCUT2D eigenvalue weighted by molar-refractivity contribution is 0.649. The molecule has 1 atom stereocenters. The maximum atomic E-state index is 4.96. The number of nitrogens with zero attached hydrogens (tertiary/aromatic N) is 6. The van der Waals surface area contributed by atoms with E-state index < -0.39 is 0 Å². The molecule has 62 heavy (non-hydrogen) atoms. The van der Waals surface area contributed by atoms with Crippen LogP contribution in [0.15, 0.2) is 212 Å². The van der Waals surface area contributed by atoms with Crippen LogP contribution in [0.4, 0.5) is 0 Å². The Labute approximate surface area is 357 Å². The Morgan fingerprint density at radius 2 is 0.710 bits per heavy atom. The molecule has 8 aromatic carbocycles. The minimum Gasteiger partial charge on any atom is -0.333 e. The molecule has 4 aromatic heterocycles. The van der Waals surface area contributed by atoms with Gasteiger partial charge in [0.2, 0.25) is 0 Å². The van der Waals surface area contributed by atoms with Gasteiger partial charge in [0.25, 0.3) is 0 Å². The number of fused-ring (bicyclic) bond motifs is 9. The van der Waals surface area contributed by atoms with Crippen LogP contribution in [0, 0.1) is 0 Å². The van der Waals surface area contributed by atoms with Gasteiger partial charge in [-0.15, -0.1) is 10.2 Å². The fourth-order valence-electron chi connectivity index (χ4n) is 10.1. The average molecular weight is 795 g/mol. The van der Waals surface area contributed by atoms with Crippen molar-refractivity contribution in [2.24, 2.45) is 0 Å². The second-order valence-corrected chi connectivity index (χ2v) is 16.2. The Balaban J connectivity index is 0.929. The highest BCUT2D eigenvalue weighted by atomic mass is 15.3. The van der Waals surface area contributed by atoms with Crippen LogP contribution in [-0.4, -0.2) is 28.5 Å². The van der Waals surface area contributed by atoms with Crippen LogP contribution in [0.3, 0.4) is 0 Å². The Kier molecular flexibility index (Phi) is 7.63. The maximum absolute atomic E-state index is 4.96. The lowest BCUT2D eigenvalue weighted by Gasteiger charge is -2.21. The molecule has 0 N–H and O–H groups in total. The minimum absolute atomic E-state index is 0.165. The van der Waals surface area contributed by atoms with E-state index in [-0.39, 0.29) is 6.04 Å². The molecule has 0 spiro atoms. The molecule has 12 aromatic rings. The fourth-order valence-corrected chi connectivity index (χ4v) is 10.1. The standard InChI is InChI=1S/C56H38N6/c1-7-19-49-43(13-1)44-14-2-8-20-50(44)59(49)39-29-25-37(26-30-39)55-57-58-56(38-27-31-40(32-28-38)60-51-21-9-3-15-45(51)46-16-4-10-22-52(46)60)62(55)42-35-33-41(34-36-42)61-53-23-11-5-17-47(53)48-18-6-12-24-54(48)61/h1-31,33-36,40H,32H2. The predicted octanol–water partition coefficient (Wildman–Crippen LogP) is 13.8. The smallest absolute Gasteiger partial charge is 0.168 e. The molecule has 0 amide bonds. The number of para-hydroxylation sites is 6. The third kappa shape index (κ3) is 5.17. The monoisotopic (exact) mass is 794 g/mol. The van der Waals surface area contributed by atoms with E-state index in [1.165, 1.54) is 65.4 Å². The molecule has 0 saturated heterocycles. The van der Waals surface area contributed by atoms with E-state index in [9.17, 15) is 0 Å². The summed E-state index contributed by atoms with van der Waals surface area (Å²) >= 11 is 0. The number of hydrogen-bond acceptors (Lipinski definition) is 2. The van der Waals surface area contributed by atoms with Crippen LogP contribution >= 0.6 is 0 Å². The topological polar surface area (TPSA) is 45.5 Å². The average Bonchev–Trinajstić information content (AvgIpc) is 4.11. The highest BCUT2D eigenvalue weighted by Gasteiger charge is 2.23. The number of rotatable bonds is 6. The third-order valence-corrected chi connectivity index (χ3v) is 12.9. The van der Waals surface area contributed by atoms with Gasteiger partial charge in [-0.3, -0.25) is 4.57 Å². The third-order valence-electron chi connectivity index (χ3n) is 12.9. The molecule has 0 radical (unpaired) electrons. The van der Waals surface area contributed by atoms with Crippen LogP contribution in [0.5, 0.6) is 0 Å². The minimum atomic E-state index is 0.165. The number of allylic oxidation sites excluding steroid dienone is 4. The van der Waals surface area contributed by atoms with Crippen molar-refractivity contribution in [3.05, 3.63) is 218 Å². The number of benzene rings is 8. The summed E-state index contributed by atoms with van der Waals surface area (Å²) in [5, 5.41) is 17.5. The van der Waals surface area contributed by atoms with Crippen LogP contribution < -0.4 is 0 Å². The summed E-state index contributed by atoms with van der Waals surface area (Å²) in [7, 11) is 0. The summed E-state index contributed by atoms with van der Waals surface area (Å²) in [6.45, 7) is 0. The van der Waals surface area contributed by atoms with Gasteiger partial charge in [0, 0.05) is 71.5 Å². The Hall–Kier alpha value is -8.22. The molecule has 1 unspecified atom stereocenters. The van der Waals surface area contributed by atoms with Crippen molar-refractivity contribution in [2.45, 2.75) is 12.5 Å². The molecular weight excluding hydrogens is 757 g/mol. The summed E-state index contributed by atoms with van der Waals surface area (Å²) < 4.78 is 9.42. The van der Waals surface area contributed by atoms with Gasteiger partial charge in [0.05, 0.1) is 28.1 Å². The van der Waals surface area contributed by atoms with Crippen molar-refractivity contribution >= 4 is 71.0 Å². The van der Waals surface area contributed by atoms with Crippen molar-refractivity contribution < 1.29 is 0 Å². The molecule has 1 aliphatic carbocycles. The van der Waals surface area contributed by atoms with E-state index in [1.54, 1.807) is 0 Å². The van der Waals surface area contributed by atoms with Crippen LogP contribution in [0.1, 0.15) is 18.3 Å². The zero-order valence-corrected chi connectivity index (χ0v) is 33.7. The summed E-state index contributed by atoms with van der Waals surface area (Å²) in [5.74, 6) is 1.60. The van der Waals surface area contributed by atoms with Gasteiger partial charge in [-0.05, 0) is 91.3 Å². The Morgan fingerprint density at radius 1 is 0.355 bits per heavy atom. The van der Waals surface area contributed by atoms with E-state index in [1.807, 2.05) is 0 Å². The van der Waals surface area contributed by atoms with Gasteiger partial charge >= 0.3 is 0 Å². The summed E-state index contributed by atoms with van der Waals surface area (Å²) in [4.78, 5) is 0. The maximum Gasteiger partial charge on any atom is 0.168 e. The van der Waals surface area contributed by atoms with Crippen molar-refractivity contribution in [2.75, 3.05) is 0 Å². The first-order valence-corrected chi connectivity index (χ1v) is 21.3. The first kappa shape index (κ1) is 34.6. The van der Waals surface area contributed by atoms with Crippen molar-refractivity contribution in [3.63, 3.8) is 0 Å². The van der Waals surface area contributed by atoms with E-state index in [0.717, 1.165) is 46.3 Å². The van der Waals surface area contributed by atoms with E-state index in [2.05, 4.69) is 231 Å². The Morgan fingerprint density at radius 3 is 1.13 bits per heavy atom. The van der Waals surface area contributed by atoms with E-state index >= 15 is 0 Å². The van der Waals surface area contributed by atoms with Gasteiger partial charge in [-0.25, -0.2) is 0 Å². The Bertz CT molecular complexity index is 3620. The molecule has 292 valence electrons. The van der Waals surface area contributed by atoms with Gasteiger partial charge in [0.15, 0.2) is 11.6 Å². The van der Waals surface area contributed by atoms with Gasteiger partial charge in [-0.1, -0.05) is 127 Å². The SMILES string of the molecule is C1=CC(n2c3ccccc3c3ccccc32)CC=C1c1nnc(-c2ccc(-n3c4ccccc4c4ccccc43)cc2)n1-c1ccc(-n2c3ccccc3c3ccccc32)cc1. The normalized spacial score (nSPS) is 14.3. The lowest BCUT2D eigenvalue weighted by Crippen LogP contribution is -2.09. The van der Waals surface area contributed by atoms with Crippen molar-refractivity contribution in [3.8, 4) is 28.5 Å². The van der Waals surface area contributed by atoms with Crippen molar-refractivity contribution in [1.29, 1.82) is 0 Å². The molecule has 6 nitrogen and oxygen atoms in total. The van der Waals surface area contributed by atoms with Crippen LogP contribution in [0.2, 0.25) is 0 Å². The molecule has 4 heterocycles. The second kappa shape index (κ2) is 13.7. The molecule has 6 heteroatoms. The van der Waals surface area contributed by atoms with E-state index in [4.69, 9.17) is 10.2 Å². The van der Waals surface area contributed by atoms with Crippen LogP contribution in [-0.2, 0) is 0 Å². The first-order chi connectivity index (χ1) is 30.8. The summed E-state index contributed by atoms with van der Waals surface area (Å²) in [6, 6.07) is 69.8. The zero-order chi connectivity index (χ0) is 40.7. The molecule has 0 aliphatic heterocycles. The molecule has 1 aliphatic rings. The van der Waals surface area contributed by atoms with Crippen LogP contribution in [0.25, 0.3) is 99.4 Å². The molecule has 0 bridgehead atoms. The predicted molar refractivity (Wildman–Crippen MR) is 256 cm³/mol. The molecule has 13 rings (SSSR count). The number of hydrogen-bond donors (Lipinski definition) is 0. The van der Waals surface area contributed by atoms with E-state index in [0.29, 0.717) is 0 Å². The highest BCUT2D eigenvalue weighted by Crippen LogP contribution is 2.39. The first-order valence-electron chi connectivity index (χ1n) is 21.3. The van der Waals surface area contributed by atoms with Gasteiger partial charge < -0.3 is 13.7 Å². The fraction of sp³-hybridized carbons (Fsp3) is 0.0357. The van der Waals surface area contributed by atoms with Gasteiger partial charge in [0.1, 0.15) is 0 Å². The summed E-state index contributed by atoms with van der Waals surface area (Å²) in [5.41, 5.74) is 12.5. The summed E-state index contributed by atoms with van der Waals surface area (Å²) in [6.07, 6.45) is 7.73.